The number of benzene rings is 1. The molecule has 0 saturated heterocycles. The highest BCUT2D eigenvalue weighted by Gasteiger charge is 2.06. The van der Waals surface area contributed by atoms with Crippen LogP contribution in [-0.2, 0) is 6.54 Å². The largest absolute Gasteiger partial charge is 0.350 e. The van der Waals surface area contributed by atoms with Gasteiger partial charge < -0.3 is 10.2 Å². The summed E-state index contributed by atoms with van der Waals surface area (Å²) in [6.45, 7) is 0.480. The molecular formula is C12H13ClFN5. The molecule has 7 heteroatoms. The van der Waals surface area contributed by atoms with E-state index in [9.17, 15) is 4.39 Å². The number of nitrogens with one attached hydrogen (secondary N) is 1. The smallest absolute Gasteiger partial charge is 0.230 e. The third kappa shape index (κ3) is 3.75. The van der Waals surface area contributed by atoms with Crippen LogP contribution < -0.4 is 10.2 Å². The monoisotopic (exact) mass is 281 g/mol. The van der Waals surface area contributed by atoms with E-state index in [0.717, 1.165) is 5.56 Å². The molecule has 1 N–H and O–H groups in total. The molecular weight excluding hydrogens is 269 g/mol. The summed E-state index contributed by atoms with van der Waals surface area (Å²) < 4.78 is 12.8. The van der Waals surface area contributed by atoms with Crippen molar-refractivity contribution in [1.82, 2.24) is 15.0 Å². The Morgan fingerprint density at radius 1 is 1.16 bits per heavy atom. The van der Waals surface area contributed by atoms with Crippen LogP contribution in [0.3, 0.4) is 0 Å². The second-order valence-electron chi connectivity index (χ2n) is 4.10. The van der Waals surface area contributed by atoms with Crippen molar-refractivity contribution in [2.24, 2.45) is 0 Å². The molecule has 1 aromatic heterocycles. The summed E-state index contributed by atoms with van der Waals surface area (Å²) in [5.74, 6) is 0.594. The van der Waals surface area contributed by atoms with Crippen LogP contribution in [0.4, 0.5) is 16.3 Å². The minimum absolute atomic E-state index is 0.125. The van der Waals surface area contributed by atoms with Crippen molar-refractivity contribution in [2.75, 3.05) is 24.3 Å². The summed E-state index contributed by atoms with van der Waals surface area (Å²) >= 11 is 5.82. The van der Waals surface area contributed by atoms with E-state index >= 15 is 0 Å². The standard InChI is InChI=1S/C12H13ClFN5/c1-19(2)12-17-10(13)16-11(18-12)15-7-8-3-5-9(14)6-4-8/h3-6H,7H2,1-2H3,(H,15,16,17,18). The van der Waals surface area contributed by atoms with Crippen LogP contribution in [0.15, 0.2) is 24.3 Å². The zero-order valence-electron chi connectivity index (χ0n) is 10.6. The van der Waals surface area contributed by atoms with E-state index in [-0.39, 0.29) is 11.1 Å². The van der Waals surface area contributed by atoms with Gasteiger partial charge in [-0.05, 0) is 29.3 Å². The molecule has 0 aliphatic rings. The Morgan fingerprint density at radius 3 is 2.47 bits per heavy atom. The molecule has 0 radical (unpaired) electrons. The van der Waals surface area contributed by atoms with Crippen molar-refractivity contribution in [3.05, 3.63) is 40.9 Å². The van der Waals surface area contributed by atoms with E-state index in [1.54, 1.807) is 17.0 Å². The van der Waals surface area contributed by atoms with Crippen molar-refractivity contribution in [2.45, 2.75) is 6.54 Å². The highest BCUT2D eigenvalue weighted by molar-refractivity contribution is 6.28. The van der Waals surface area contributed by atoms with E-state index in [1.165, 1.54) is 12.1 Å². The van der Waals surface area contributed by atoms with Crippen molar-refractivity contribution in [1.29, 1.82) is 0 Å². The van der Waals surface area contributed by atoms with Crippen LogP contribution in [0, 0.1) is 5.82 Å². The van der Waals surface area contributed by atoms with Crippen molar-refractivity contribution in [3.8, 4) is 0 Å². The molecule has 0 amide bonds. The molecule has 0 aliphatic heterocycles. The Hall–Kier alpha value is -1.95. The van der Waals surface area contributed by atoms with Crippen molar-refractivity contribution in [3.63, 3.8) is 0 Å². The summed E-state index contributed by atoms with van der Waals surface area (Å²) in [5.41, 5.74) is 0.921. The summed E-state index contributed by atoms with van der Waals surface area (Å²) in [7, 11) is 3.63. The number of hydrogen-bond acceptors (Lipinski definition) is 5. The van der Waals surface area contributed by atoms with Gasteiger partial charge in [-0.25, -0.2) is 4.39 Å². The highest BCUT2D eigenvalue weighted by atomic mass is 35.5. The Labute approximate surface area is 115 Å². The van der Waals surface area contributed by atoms with Crippen LogP contribution in [0.1, 0.15) is 5.56 Å². The molecule has 0 unspecified atom stereocenters. The van der Waals surface area contributed by atoms with Crippen molar-refractivity contribution < 1.29 is 4.39 Å². The predicted octanol–water partition coefficient (Wildman–Crippen LogP) is 2.34. The SMILES string of the molecule is CN(C)c1nc(Cl)nc(NCc2ccc(F)cc2)n1. The van der Waals surface area contributed by atoms with Gasteiger partial charge in [0.15, 0.2) is 0 Å². The quantitative estimate of drug-likeness (QED) is 0.932. The summed E-state index contributed by atoms with van der Waals surface area (Å²) in [6.07, 6.45) is 0. The van der Waals surface area contributed by atoms with Crippen LogP contribution in [0.2, 0.25) is 5.28 Å². The third-order valence-electron chi connectivity index (χ3n) is 2.36. The number of rotatable bonds is 4. The minimum Gasteiger partial charge on any atom is -0.350 e. The van der Waals surface area contributed by atoms with E-state index in [2.05, 4.69) is 20.3 Å². The van der Waals surface area contributed by atoms with Gasteiger partial charge in [-0.2, -0.15) is 15.0 Å². The zero-order chi connectivity index (χ0) is 13.8. The Balaban J connectivity index is 2.08. The van der Waals surface area contributed by atoms with Gasteiger partial charge in [-0.3, -0.25) is 0 Å². The maximum atomic E-state index is 12.8. The van der Waals surface area contributed by atoms with Gasteiger partial charge in [0.1, 0.15) is 5.82 Å². The van der Waals surface area contributed by atoms with Gasteiger partial charge in [-0.1, -0.05) is 12.1 Å². The average molecular weight is 282 g/mol. The van der Waals surface area contributed by atoms with Crippen molar-refractivity contribution >= 4 is 23.5 Å². The molecule has 0 fully saturated rings. The van der Waals surface area contributed by atoms with Gasteiger partial charge >= 0.3 is 0 Å². The zero-order valence-corrected chi connectivity index (χ0v) is 11.3. The van der Waals surface area contributed by atoms with Gasteiger partial charge in [0.05, 0.1) is 0 Å². The second-order valence-corrected chi connectivity index (χ2v) is 4.44. The van der Waals surface area contributed by atoms with Gasteiger partial charge in [0.25, 0.3) is 0 Å². The topological polar surface area (TPSA) is 53.9 Å². The van der Waals surface area contributed by atoms with Gasteiger partial charge in [0, 0.05) is 20.6 Å². The number of anilines is 2. The number of aromatic nitrogens is 3. The predicted molar refractivity (Wildman–Crippen MR) is 72.9 cm³/mol. The first-order chi connectivity index (χ1) is 9.04. The van der Waals surface area contributed by atoms with E-state index < -0.39 is 0 Å². The molecule has 0 saturated carbocycles. The Bertz CT molecular complexity index is 559. The van der Waals surface area contributed by atoms with Crippen LogP contribution >= 0.6 is 11.6 Å². The minimum atomic E-state index is -0.262. The molecule has 2 rings (SSSR count). The molecule has 19 heavy (non-hydrogen) atoms. The lowest BCUT2D eigenvalue weighted by atomic mass is 10.2. The number of nitrogens with zero attached hydrogens (tertiary/aromatic N) is 4. The molecule has 100 valence electrons. The molecule has 5 nitrogen and oxygen atoms in total. The second kappa shape index (κ2) is 5.79. The van der Waals surface area contributed by atoms with Crippen LogP contribution in [0.25, 0.3) is 0 Å². The van der Waals surface area contributed by atoms with Gasteiger partial charge in [0.2, 0.25) is 17.2 Å². The fourth-order valence-corrected chi connectivity index (χ4v) is 1.56. The average Bonchev–Trinajstić information content (AvgIpc) is 2.37. The first-order valence-corrected chi connectivity index (χ1v) is 5.99. The van der Waals surface area contributed by atoms with Crippen LogP contribution in [0.5, 0.6) is 0 Å². The molecule has 2 aromatic rings. The van der Waals surface area contributed by atoms with E-state index in [1.807, 2.05) is 14.1 Å². The lowest BCUT2D eigenvalue weighted by Gasteiger charge is -2.11. The van der Waals surface area contributed by atoms with Gasteiger partial charge in [-0.15, -0.1) is 0 Å². The maximum absolute atomic E-state index is 12.8. The first kappa shape index (κ1) is 13.5. The third-order valence-corrected chi connectivity index (χ3v) is 2.53. The van der Waals surface area contributed by atoms with E-state index in [0.29, 0.717) is 18.4 Å². The fourth-order valence-electron chi connectivity index (χ4n) is 1.40. The highest BCUT2D eigenvalue weighted by Crippen LogP contribution is 2.12. The van der Waals surface area contributed by atoms with E-state index in [4.69, 9.17) is 11.6 Å². The fraction of sp³-hybridized carbons (Fsp3) is 0.250. The maximum Gasteiger partial charge on any atom is 0.230 e. The Kier molecular flexibility index (Phi) is 4.11. The normalized spacial score (nSPS) is 10.3. The molecule has 0 spiro atoms. The lowest BCUT2D eigenvalue weighted by Crippen LogP contribution is -2.15. The number of hydrogen-bond donors (Lipinski definition) is 1. The summed E-state index contributed by atoms with van der Waals surface area (Å²) in [6, 6.07) is 6.20. The molecule has 0 aliphatic carbocycles. The lowest BCUT2D eigenvalue weighted by molar-refractivity contribution is 0.627. The van der Waals surface area contributed by atoms with Crippen LogP contribution in [-0.4, -0.2) is 29.0 Å². The summed E-state index contributed by atoms with van der Waals surface area (Å²) in [4.78, 5) is 13.9. The Morgan fingerprint density at radius 2 is 1.84 bits per heavy atom. The molecule has 1 heterocycles. The molecule has 0 atom stereocenters. The number of halogens is 2. The molecule has 0 bridgehead atoms. The first-order valence-electron chi connectivity index (χ1n) is 5.62. The summed E-state index contributed by atoms with van der Waals surface area (Å²) in [5, 5.41) is 3.15. The molecule has 1 aromatic carbocycles.